The molecule has 1 saturated heterocycles. The monoisotopic (exact) mass is 579 g/mol. The van der Waals surface area contributed by atoms with E-state index in [1.807, 2.05) is 37.3 Å². The summed E-state index contributed by atoms with van der Waals surface area (Å²) in [7, 11) is 0. The number of halogens is 3. The van der Waals surface area contributed by atoms with Gasteiger partial charge in [-0.25, -0.2) is 9.67 Å². The normalized spacial score (nSPS) is 15.4. The highest BCUT2D eigenvalue weighted by atomic mass is 32.2. The fourth-order valence-corrected chi connectivity index (χ4v) is 5.71. The second kappa shape index (κ2) is 11.8. The smallest absolute Gasteiger partial charge is 0.406 e. The summed E-state index contributed by atoms with van der Waals surface area (Å²) >= 11 is 1.60. The van der Waals surface area contributed by atoms with Gasteiger partial charge in [-0.1, -0.05) is 61.2 Å². The molecule has 3 aromatic carbocycles. The van der Waals surface area contributed by atoms with E-state index < -0.39 is 6.36 Å². The maximum Gasteiger partial charge on any atom is 0.573 e. The first-order valence-corrected chi connectivity index (χ1v) is 14.0. The number of hydrogen-bond acceptors (Lipinski definition) is 5. The third kappa shape index (κ3) is 6.79. The number of amides is 1. The summed E-state index contributed by atoms with van der Waals surface area (Å²) in [6, 6.07) is 19.2. The number of benzene rings is 3. The molecule has 2 heterocycles. The van der Waals surface area contributed by atoms with Gasteiger partial charge in [0.1, 0.15) is 12.1 Å². The van der Waals surface area contributed by atoms with E-state index in [1.165, 1.54) is 35.3 Å². The van der Waals surface area contributed by atoms with Crippen LogP contribution in [0.2, 0.25) is 0 Å². The highest BCUT2D eigenvalue weighted by Crippen LogP contribution is 2.32. The van der Waals surface area contributed by atoms with Gasteiger partial charge in [0.05, 0.1) is 5.69 Å². The Morgan fingerprint density at radius 3 is 2.39 bits per heavy atom. The summed E-state index contributed by atoms with van der Waals surface area (Å²) in [6.45, 7) is 6.97. The van der Waals surface area contributed by atoms with Crippen LogP contribution < -0.4 is 9.64 Å². The summed E-state index contributed by atoms with van der Waals surface area (Å²) in [5.41, 5.74) is 5.75. The van der Waals surface area contributed by atoms with E-state index in [4.69, 9.17) is 0 Å². The molecule has 1 aliphatic heterocycles. The molecule has 1 aromatic heterocycles. The van der Waals surface area contributed by atoms with Crippen LogP contribution in [0, 0.1) is 13.8 Å². The molecule has 1 amide bonds. The highest BCUT2D eigenvalue weighted by Gasteiger charge is 2.31. The van der Waals surface area contributed by atoms with Crippen LogP contribution in [-0.4, -0.2) is 44.5 Å². The van der Waals surface area contributed by atoms with Gasteiger partial charge in [-0.2, -0.15) is 4.99 Å². The summed E-state index contributed by atoms with van der Waals surface area (Å²) in [6.07, 6.45) is -2.97. The number of hydrogen-bond donors (Lipinski definition) is 0. The van der Waals surface area contributed by atoms with Crippen LogP contribution in [0.5, 0.6) is 5.75 Å². The minimum absolute atomic E-state index is 0.0381. The Balaban J connectivity index is 1.23. The van der Waals surface area contributed by atoms with Crippen LogP contribution >= 0.6 is 11.8 Å². The van der Waals surface area contributed by atoms with Crippen molar-refractivity contribution in [3.63, 3.8) is 0 Å². The molecule has 41 heavy (non-hydrogen) atoms. The lowest BCUT2D eigenvalue weighted by molar-refractivity contribution is -0.274. The third-order valence-electron chi connectivity index (χ3n) is 6.75. The second-order valence-electron chi connectivity index (χ2n) is 9.81. The Kier molecular flexibility index (Phi) is 8.16. The van der Waals surface area contributed by atoms with Crippen LogP contribution in [0.4, 0.5) is 18.9 Å². The minimum atomic E-state index is -4.75. The fourth-order valence-electron chi connectivity index (χ4n) is 4.75. The molecule has 0 N–H and O–H groups in total. The van der Waals surface area contributed by atoms with Crippen molar-refractivity contribution in [2.45, 2.75) is 39.5 Å². The number of amidine groups is 1. The molecule has 11 heteroatoms. The number of alkyl halides is 3. The topological polar surface area (TPSA) is 72.6 Å². The van der Waals surface area contributed by atoms with Gasteiger partial charge >= 0.3 is 6.36 Å². The lowest BCUT2D eigenvalue weighted by Crippen LogP contribution is -2.26. The first-order chi connectivity index (χ1) is 19.6. The first kappa shape index (κ1) is 28.4. The molecule has 0 aliphatic carbocycles. The van der Waals surface area contributed by atoms with Crippen molar-refractivity contribution in [2.75, 3.05) is 17.2 Å². The molecular formula is C30H28F3N5O2S. The van der Waals surface area contributed by atoms with Crippen LogP contribution in [-0.2, 0) is 4.79 Å². The molecule has 1 unspecified atom stereocenters. The number of carbonyl (C=O) groups excluding carboxylic acids is 1. The molecule has 7 nitrogen and oxygen atoms in total. The van der Waals surface area contributed by atoms with Crippen molar-refractivity contribution in [3.8, 4) is 22.8 Å². The molecule has 0 saturated carbocycles. The molecule has 0 radical (unpaired) electrons. The van der Waals surface area contributed by atoms with E-state index in [-0.39, 0.29) is 24.0 Å². The molecule has 1 atom stereocenters. The van der Waals surface area contributed by atoms with Gasteiger partial charge in [-0.3, -0.25) is 4.79 Å². The SMILES string of the molecule is Cc1cccc(C)c1N1CCSC1=NC(=O)CC(C)c1ccc(-c2ncn(-c3ccc(OC(F)(F)F)cc3)n2)cc1. The Morgan fingerprint density at radius 2 is 1.73 bits per heavy atom. The number of nitrogens with zero attached hydrogens (tertiary/aromatic N) is 5. The third-order valence-corrected chi connectivity index (χ3v) is 7.71. The molecule has 5 rings (SSSR count). The lowest BCUT2D eigenvalue weighted by atomic mass is 9.96. The maximum atomic E-state index is 12.9. The molecule has 0 spiro atoms. The molecule has 1 fully saturated rings. The number of thioether (sulfide) groups is 1. The number of aliphatic imine (C=N–C) groups is 1. The second-order valence-corrected chi connectivity index (χ2v) is 10.9. The van der Waals surface area contributed by atoms with Gasteiger partial charge in [0.25, 0.3) is 0 Å². The zero-order valence-corrected chi connectivity index (χ0v) is 23.5. The minimum Gasteiger partial charge on any atom is -0.406 e. The highest BCUT2D eigenvalue weighted by molar-refractivity contribution is 8.14. The van der Waals surface area contributed by atoms with Crippen LogP contribution in [0.25, 0.3) is 17.1 Å². The number of anilines is 1. The molecule has 0 bridgehead atoms. The van der Waals surface area contributed by atoms with E-state index in [9.17, 15) is 18.0 Å². The van der Waals surface area contributed by atoms with Gasteiger partial charge < -0.3 is 9.64 Å². The summed E-state index contributed by atoms with van der Waals surface area (Å²) in [4.78, 5) is 23.9. The van der Waals surface area contributed by atoms with Crippen molar-refractivity contribution in [1.29, 1.82) is 0 Å². The Hall–Kier alpha value is -4.12. The zero-order chi connectivity index (χ0) is 29.1. The van der Waals surface area contributed by atoms with Gasteiger partial charge in [0.15, 0.2) is 11.0 Å². The van der Waals surface area contributed by atoms with E-state index >= 15 is 0 Å². The van der Waals surface area contributed by atoms with Gasteiger partial charge in [0, 0.05) is 30.0 Å². The molecule has 4 aromatic rings. The van der Waals surface area contributed by atoms with Crippen molar-refractivity contribution in [1.82, 2.24) is 14.8 Å². The molecule has 1 aliphatic rings. The number of ether oxygens (including phenoxy) is 1. The number of rotatable bonds is 7. The van der Waals surface area contributed by atoms with Crippen molar-refractivity contribution >= 4 is 28.5 Å². The largest absolute Gasteiger partial charge is 0.573 e. The molecular weight excluding hydrogens is 551 g/mol. The summed E-state index contributed by atoms with van der Waals surface area (Å²) in [5, 5.41) is 5.19. The first-order valence-electron chi connectivity index (χ1n) is 13.0. The van der Waals surface area contributed by atoms with E-state index in [0.29, 0.717) is 11.5 Å². The van der Waals surface area contributed by atoms with E-state index in [1.54, 1.807) is 11.8 Å². The van der Waals surface area contributed by atoms with Gasteiger partial charge in [-0.05, 0) is 60.7 Å². The predicted octanol–water partition coefficient (Wildman–Crippen LogP) is 7.08. The van der Waals surface area contributed by atoms with Crippen LogP contribution in [0.15, 0.2) is 78.0 Å². The average Bonchev–Trinajstić information content (AvgIpc) is 3.59. The van der Waals surface area contributed by atoms with Gasteiger partial charge in [0.2, 0.25) is 5.91 Å². The maximum absolute atomic E-state index is 12.9. The average molecular weight is 580 g/mol. The quantitative estimate of drug-likeness (QED) is 0.233. The van der Waals surface area contributed by atoms with E-state index in [0.717, 1.165) is 45.4 Å². The molecule has 212 valence electrons. The van der Waals surface area contributed by atoms with Crippen molar-refractivity contribution in [3.05, 3.63) is 89.7 Å². The van der Waals surface area contributed by atoms with Crippen LogP contribution in [0.3, 0.4) is 0 Å². The Labute approximate surface area is 240 Å². The number of aryl methyl sites for hydroxylation is 2. The van der Waals surface area contributed by atoms with Crippen molar-refractivity contribution < 1.29 is 22.7 Å². The standard InChI is InChI=1S/C30H28F3N5O2S/c1-19-5-4-6-20(2)27(19)37-15-16-41-29(37)35-26(39)17-21(3)22-7-9-23(10-8-22)28-34-18-38(36-28)24-11-13-25(14-12-24)40-30(31,32)33/h4-14,18,21H,15-17H2,1-3H3. The Bertz CT molecular complexity index is 1550. The predicted molar refractivity (Wildman–Crippen MR) is 155 cm³/mol. The van der Waals surface area contributed by atoms with Crippen LogP contribution in [0.1, 0.15) is 36.0 Å². The van der Waals surface area contributed by atoms with Gasteiger partial charge in [-0.15, -0.1) is 18.3 Å². The number of carbonyl (C=O) groups is 1. The summed E-state index contributed by atoms with van der Waals surface area (Å²) in [5.74, 6) is 0.848. The number of para-hydroxylation sites is 1. The lowest BCUT2D eigenvalue weighted by Gasteiger charge is -2.22. The number of aromatic nitrogens is 3. The Morgan fingerprint density at radius 1 is 1.05 bits per heavy atom. The summed E-state index contributed by atoms with van der Waals surface area (Å²) < 4.78 is 42.6. The zero-order valence-electron chi connectivity index (χ0n) is 22.7. The van der Waals surface area contributed by atoms with Crippen molar-refractivity contribution in [2.24, 2.45) is 4.99 Å². The van der Waals surface area contributed by atoms with E-state index in [2.05, 4.69) is 50.7 Å². The fraction of sp³-hybridized carbons (Fsp3) is 0.267.